The quantitative estimate of drug-likeness (QED) is 0.532. The van der Waals surface area contributed by atoms with Crippen LogP contribution in [-0.2, 0) is 4.74 Å². The number of nitrogens with two attached hydrogens (primary N) is 1. The van der Waals surface area contributed by atoms with Crippen molar-refractivity contribution in [1.82, 2.24) is 0 Å². The van der Waals surface area contributed by atoms with Gasteiger partial charge in [0.25, 0.3) is 0 Å². The van der Waals surface area contributed by atoms with E-state index in [4.69, 9.17) is 10.5 Å². The Morgan fingerprint density at radius 2 is 2.46 bits per heavy atom. The number of rotatable bonds is 4. The van der Waals surface area contributed by atoms with Crippen molar-refractivity contribution >= 4 is 5.84 Å². The standard InChI is InChI=1S/C10H20N2O/c1-2-4-10(11)12-7-9-5-3-6-13-8-9/h9H,2-8H2,1H3,(H2,11,12). The van der Waals surface area contributed by atoms with Crippen molar-refractivity contribution in [3.8, 4) is 0 Å². The highest BCUT2D eigenvalue weighted by Crippen LogP contribution is 2.13. The summed E-state index contributed by atoms with van der Waals surface area (Å²) in [5, 5.41) is 0. The summed E-state index contributed by atoms with van der Waals surface area (Å²) in [6.07, 6.45) is 4.42. The Morgan fingerprint density at radius 1 is 1.62 bits per heavy atom. The van der Waals surface area contributed by atoms with Gasteiger partial charge >= 0.3 is 0 Å². The molecule has 1 unspecified atom stereocenters. The average Bonchev–Trinajstić information content (AvgIpc) is 2.17. The summed E-state index contributed by atoms with van der Waals surface area (Å²) in [4.78, 5) is 4.35. The Bertz CT molecular complexity index is 162. The normalized spacial score (nSPS) is 24.7. The lowest BCUT2D eigenvalue weighted by molar-refractivity contribution is 0.0582. The molecule has 0 spiro atoms. The van der Waals surface area contributed by atoms with E-state index < -0.39 is 0 Å². The fraction of sp³-hybridized carbons (Fsp3) is 0.900. The summed E-state index contributed by atoms with van der Waals surface area (Å²) < 4.78 is 5.36. The van der Waals surface area contributed by atoms with E-state index in [0.29, 0.717) is 5.92 Å². The van der Waals surface area contributed by atoms with Gasteiger partial charge in [0.05, 0.1) is 12.4 Å². The van der Waals surface area contributed by atoms with E-state index in [-0.39, 0.29) is 0 Å². The second-order valence-corrected chi connectivity index (χ2v) is 3.67. The van der Waals surface area contributed by atoms with Gasteiger partial charge in [0, 0.05) is 25.5 Å². The minimum Gasteiger partial charge on any atom is -0.387 e. The van der Waals surface area contributed by atoms with Crippen LogP contribution in [0.5, 0.6) is 0 Å². The maximum absolute atomic E-state index is 5.71. The maximum atomic E-state index is 5.71. The van der Waals surface area contributed by atoms with Crippen molar-refractivity contribution in [3.63, 3.8) is 0 Å². The van der Waals surface area contributed by atoms with Gasteiger partial charge in [-0.2, -0.15) is 0 Å². The number of hydrogen-bond acceptors (Lipinski definition) is 2. The largest absolute Gasteiger partial charge is 0.387 e. The molecule has 0 aromatic carbocycles. The lowest BCUT2D eigenvalue weighted by atomic mass is 10.0. The van der Waals surface area contributed by atoms with Gasteiger partial charge in [-0.15, -0.1) is 0 Å². The van der Waals surface area contributed by atoms with Crippen LogP contribution in [0.3, 0.4) is 0 Å². The van der Waals surface area contributed by atoms with E-state index in [2.05, 4.69) is 11.9 Å². The van der Waals surface area contributed by atoms with E-state index in [0.717, 1.165) is 38.4 Å². The topological polar surface area (TPSA) is 47.6 Å². The zero-order valence-corrected chi connectivity index (χ0v) is 8.46. The highest BCUT2D eigenvalue weighted by molar-refractivity contribution is 5.80. The van der Waals surface area contributed by atoms with Crippen LogP contribution < -0.4 is 5.73 Å². The Labute approximate surface area is 80.4 Å². The zero-order valence-electron chi connectivity index (χ0n) is 8.46. The number of ether oxygens (including phenoxy) is 1. The summed E-state index contributed by atoms with van der Waals surface area (Å²) in [6, 6.07) is 0. The van der Waals surface area contributed by atoms with Crippen LogP contribution in [0.2, 0.25) is 0 Å². The van der Waals surface area contributed by atoms with Gasteiger partial charge in [-0.05, 0) is 19.3 Å². The van der Waals surface area contributed by atoms with Crippen molar-refractivity contribution < 1.29 is 4.74 Å². The predicted octanol–water partition coefficient (Wildman–Crippen LogP) is 1.57. The molecule has 13 heavy (non-hydrogen) atoms. The van der Waals surface area contributed by atoms with E-state index in [1.807, 2.05) is 0 Å². The zero-order chi connectivity index (χ0) is 9.52. The minimum absolute atomic E-state index is 0.601. The van der Waals surface area contributed by atoms with Crippen LogP contribution >= 0.6 is 0 Å². The van der Waals surface area contributed by atoms with Crippen LogP contribution in [0.15, 0.2) is 4.99 Å². The molecular formula is C10H20N2O. The predicted molar refractivity (Wildman–Crippen MR) is 54.9 cm³/mol. The molecule has 76 valence electrons. The number of hydrogen-bond donors (Lipinski definition) is 1. The first kappa shape index (κ1) is 10.5. The monoisotopic (exact) mass is 184 g/mol. The number of amidine groups is 1. The Hall–Kier alpha value is -0.570. The van der Waals surface area contributed by atoms with Gasteiger partial charge in [-0.1, -0.05) is 6.92 Å². The van der Waals surface area contributed by atoms with Gasteiger partial charge in [0.1, 0.15) is 0 Å². The molecule has 1 aliphatic rings. The molecule has 1 atom stereocenters. The first-order valence-electron chi connectivity index (χ1n) is 5.19. The summed E-state index contributed by atoms with van der Waals surface area (Å²) >= 11 is 0. The van der Waals surface area contributed by atoms with Crippen molar-refractivity contribution in [3.05, 3.63) is 0 Å². The third kappa shape index (κ3) is 4.27. The minimum atomic E-state index is 0.601. The third-order valence-electron chi connectivity index (χ3n) is 2.31. The number of aliphatic imine (C=N–C) groups is 1. The van der Waals surface area contributed by atoms with Crippen molar-refractivity contribution in [1.29, 1.82) is 0 Å². The van der Waals surface area contributed by atoms with Gasteiger partial charge in [-0.3, -0.25) is 4.99 Å². The molecule has 0 aromatic rings. The molecule has 3 nitrogen and oxygen atoms in total. The molecule has 2 N–H and O–H groups in total. The average molecular weight is 184 g/mol. The highest BCUT2D eigenvalue weighted by atomic mass is 16.5. The van der Waals surface area contributed by atoms with E-state index in [1.54, 1.807) is 0 Å². The molecule has 0 saturated carbocycles. The first-order valence-corrected chi connectivity index (χ1v) is 5.19. The lowest BCUT2D eigenvalue weighted by Crippen LogP contribution is -2.21. The second kappa shape index (κ2) is 5.97. The van der Waals surface area contributed by atoms with Crippen molar-refractivity contribution in [2.24, 2.45) is 16.6 Å². The number of nitrogens with zero attached hydrogens (tertiary/aromatic N) is 1. The molecule has 0 radical (unpaired) electrons. The summed E-state index contributed by atoms with van der Waals surface area (Å²) in [5.41, 5.74) is 5.71. The molecular weight excluding hydrogens is 164 g/mol. The lowest BCUT2D eigenvalue weighted by Gasteiger charge is -2.20. The van der Waals surface area contributed by atoms with Crippen molar-refractivity contribution in [2.45, 2.75) is 32.6 Å². The molecule has 1 aliphatic heterocycles. The van der Waals surface area contributed by atoms with Crippen molar-refractivity contribution in [2.75, 3.05) is 19.8 Å². The summed E-state index contributed by atoms with van der Waals surface area (Å²) in [6.45, 7) is 4.76. The van der Waals surface area contributed by atoms with Crippen LogP contribution in [-0.4, -0.2) is 25.6 Å². The maximum Gasteiger partial charge on any atom is 0.0937 e. The van der Waals surface area contributed by atoms with E-state index in [9.17, 15) is 0 Å². The molecule has 1 rings (SSSR count). The van der Waals surface area contributed by atoms with E-state index >= 15 is 0 Å². The molecule has 0 aromatic heterocycles. The molecule has 3 heteroatoms. The molecule has 0 bridgehead atoms. The molecule has 0 aliphatic carbocycles. The van der Waals surface area contributed by atoms with Gasteiger partial charge < -0.3 is 10.5 Å². The fourth-order valence-corrected chi connectivity index (χ4v) is 1.53. The van der Waals surface area contributed by atoms with Crippen LogP contribution in [0, 0.1) is 5.92 Å². The second-order valence-electron chi connectivity index (χ2n) is 3.67. The Kier molecular flexibility index (Phi) is 4.83. The van der Waals surface area contributed by atoms with E-state index in [1.165, 1.54) is 12.8 Å². The first-order chi connectivity index (χ1) is 6.33. The fourth-order valence-electron chi connectivity index (χ4n) is 1.53. The Balaban J connectivity index is 2.19. The molecule has 1 fully saturated rings. The SMILES string of the molecule is CCCC(N)=NCC1CCCOC1. The molecule has 1 saturated heterocycles. The van der Waals surface area contributed by atoms with Gasteiger partial charge in [-0.25, -0.2) is 0 Å². The van der Waals surface area contributed by atoms with Gasteiger partial charge in [0.15, 0.2) is 0 Å². The smallest absolute Gasteiger partial charge is 0.0937 e. The highest BCUT2D eigenvalue weighted by Gasteiger charge is 2.12. The third-order valence-corrected chi connectivity index (χ3v) is 2.31. The Morgan fingerprint density at radius 3 is 3.08 bits per heavy atom. The van der Waals surface area contributed by atoms with Crippen LogP contribution in [0.1, 0.15) is 32.6 Å². The molecule has 1 heterocycles. The summed E-state index contributed by atoms with van der Waals surface area (Å²) in [7, 11) is 0. The van der Waals surface area contributed by atoms with Crippen LogP contribution in [0.25, 0.3) is 0 Å². The molecule has 0 amide bonds. The summed E-state index contributed by atoms with van der Waals surface area (Å²) in [5.74, 6) is 1.40. The van der Waals surface area contributed by atoms with Gasteiger partial charge in [0.2, 0.25) is 0 Å². The van der Waals surface area contributed by atoms with Crippen LogP contribution in [0.4, 0.5) is 0 Å².